The number of hydrogen-bond acceptors (Lipinski definition) is 7. The molecule has 182 valence electrons. The normalized spacial score (nSPS) is 15.0. The van der Waals surface area contributed by atoms with Crippen LogP contribution in [0.4, 0.5) is 5.13 Å². The zero-order valence-electron chi connectivity index (χ0n) is 18.7. The number of anilines is 1. The molecule has 0 spiro atoms. The van der Waals surface area contributed by atoms with Gasteiger partial charge in [0.25, 0.3) is 0 Å². The van der Waals surface area contributed by atoms with Crippen molar-refractivity contribution in [2.75, 3.05) is 50.0 Å². The standard InChI is InChI=1S/C23H25Cl2N3O4S2/c1-16-19(25)7-8-20-22(16)26-23(33-20)28(10-2-9-27-11-13-32-14-12-27)21(29)15-34(30,31)18-5-3-17(24)4-6-18/h3-8H,2,9-15H2,1H3. The summed E-state index contributed by atoms with van der Waals surface area (Å²) in [5.41, 5.74) is 1.55. The van der Waals surface area contributed by atoms with Crippen molar-refractivity contribution in [1.29, 1.82) is 0 Å². The van der Waals surface area contributed by atoms with Crippen molar-refractivity contribution in [1.82, 2.24) is 9.88 Å². The largest absolute Gasteiger partial charge is 0.379 e. The number of morpholine rings is 1. The topological polar surface area (TPSA) is 79.8 Å². The quantitative estimate of drug-likeness (QED) is 0.419. The van der Waals surface area contributed by atoms with Gasteiger partial charge in [-0.05, 0) is 55.3 Å². The second-order valence-corrected chi connectivity index (χ2v) is 11.9. The highest BCUT2D eigenvalue weighted by atomic mass is 35.5. The van der Waals surface area contributed by atoms with Crippen LogP contribution in [0.5, 0.6) is 0 Å². The van der Waals surface area contributed by atoms with E-state index in [0.717, 1.165) is 35.4 Å². The van der Waals surface area contributed by atoms with Crippen LogP contribution in [0.25, 0.3) is 10.2 Å². The minimum Gasteiger partial charge on any atom is -0.379 e. The van der Waals surface area contributed by atoms with Gasteiger partial charge in [0.15, 0.2) is 15.0 Å². The molecule has 2 heterocycles. The minimum absolute atomic E-state index is 0.0606. The van der Waals surface area contributed by atoms with Crippen molar-refractivity contribution < 1.29 is 17.9 Å². The summed E-state index contributed by atoms with van der Waals surface area (Å²) in [5, 5.41) is 1.50. The van der Waals surface area contributed by atoms with E-state index in [-0.39, 0.29) is 4.90 Å². The van der Waals surface area contributed by atoms with E-state index in [4.69, 9.17) is 27.9 Å². The van der Waals surface area contributed by atoms with Gasteiger partial charge in [0.2, 0.25) is 5.91 Å². The molecule has 0 radical (unpaired) electrons. The number of carbonyl (C=O) groups excluding carboxylic acids is 1. The third-order valence-corrected chi connectivity index (χ3v) is 9.04. The molecule has 7 nitrogen and oxygen atoms in total. The predicted octanol–water partition coefficient (Wildman–Crippen LogP) is 4.44. The molecule has 1 aromatic heterocycles. The number of sulfone groups is 1. The fraction of sp³-hybridized carbons (Fsp3) is 0.391. The number of amides is 1. The number of aromatic nitrogens is 1. The summed E-state index contributed by atoms with van der Waals surface area (Å²) in [4.78, 5) is 21.8. The summed E-state index contributed by atoms with van der Waals surface area (Å²) in [7, 11) is -3.84. The number of carbonyl (C=O) groups is 1. The number of hydrogen-bond donors (Lipinski definition) is 0. The molecule has 34 heavy (non-hydrogen) atoms. The van der Waals surface area contributed by atoms with Gasteiger partial charge < -0.3 is 4.74 Å². The molecular formula is C23H25Cl2N3O4S2. The van der Waals surface area contributed by atoms with Gasteiger partial charge >= 0.3 is 0 Å². The Balaban J connectivity index is 1.58. The number of ether oxygens (including phenoxy) is 1. The molecule has 2 aromatic carbocycles. The van der Waals surface area contributed by atoms with E-state index in [9.17, 15) is 13.2 Å². The summed E-state index contributed by atoms with van der Waals surface area (Å²) < 4.78 is 32.2. The Morgan fingerprint density at radius 1 is 1.15 bits per heavy atom. The molecule has 1 amide bonds. The van der Waals surface area contributed by atoms with Crippen LogP contribution < -0.4 is 4.90 Å². The van der Waals surface area contributed by atoms with Gasteiger partial charge in [-0.15, -0.1) is 0 Å². The highest BCUT2D eigenvalue weighted by Crippen LogP contribution is 2.34. The summed E-state index contributed by atoms with van der Waals surface area (Å²) in [6.45, 7) is 6.10. The van der Waals surface area contributed by atoms with Gasteiger partial charge in [0.05, 0.1) is 28.3 Å². The summed E-state index contributed by atoms with van der Waals surface area (Å²) in [6, 6.07) is 9.50. The van der Waals surface area contributed by atoms with Crippen LogP contribution in [0, 0.1) is 6.92 Å². The number of nitrogens with zero attached hydrogens (tertiary/aromatic N) is 3. The summed E-state index contributed by atoms with van der Waals surface area (Å²) in [6.07, 6.45) is 0.683. The highest BCUT2D eigenvalue weighted by molar-refractivity contribution is 7.92. The molecule has 1 aliphatic rings. The van der Waals surface area contributed by atoms with Crippen LogP contribution >= 0.6 is 34.5 Å². The maximum absolute atomic E-state index is 13.3. The average molecular weight is 543 g/mol. The second-order valence-electron chi connectivity index (χ2n) is 8.08. The molecule has 0 unspecified atom stereocenters. The monoisotopic (exact) mass is 541 g/mol. The molecule has 1 aliphatic heterocycles. The van der Waals surface area contributed by atoms with Crippen LogP contribution in [0.1, 0.15) is 12.0 Å². The molecule has 1 fully saturated rings. The van der Waals surface area contributed by atoms with E-state index in [0.29, 0.717) is 41.4 Å². The van der Waals surface area contributed by atoms with Crippen molar-refractivity contribution in [2.45, 2.75) is 18.2 Å². The van der Waals surface area contributed by atoms with Gasteiger partial charge in [-0.2, -0.15) is 0 Å². The van der Waals surface area contributed by atoms with E-state index in [1.54, 1.807) is 6.07 Å². The van der Waals surface area contributed by atoms with Crippen LogP contribution in [0.2, 0.25) is 10.0 Å². The van der Waals surface area contributed by atoms with E-state index in [1.165, 1.54) is 40.5 Å². The van der Waals surface area contributed by atoms with Crippen molar-refractivity contribution in [3.8, 4) is 0 Å². The Morgan fingerprint density at radius 2 is 1.85 bits per heavy atom. The Labute approximate surface area is 213 Å². The number of fused-ring (bicyclic) bond motifs is 1. The SMILES string of the molecule is Cc1c(Cl)ccc2sc(N(CCCN3CCOCC3)C(=O)CS(=O)(=O)c3ccc(Cl)cc3)nc12. The highest BCUT2D eigenvalue weighted by Gasteiger charge is 2.27. The molecule has 0 aliphatic carbocycles. The number of benzene rings is 2. The first-order valence-electron chi connectivity index (χ1n) is 10.9. The van der Waals surface area contributed by atoms with Crippen LogP contribution in [0.15, 0.2) is 41.3 Å². The zero-order valence-corrected chi connectivity index (χ0v) is 21.8. The molecule has 3 aromatic rings. The van der Waals surface area contributed by atoms with Crippen molar-refractivity contribution in [2.24, 2.45) is 0 Å². The average Bonchev–Trinajstić information content (AvgIpc) is 3.24. The Kier molecular flexibility index (Phi) is 8.12. The van der Waals surface area contributed by atoms with Gasteiger partial charge in [0.1, 0.15) is 5.75 Å². The Bertz CT molecular complexity index is 1270. The third-order valence-electron chi connectivity index (χ3n) is 5.71. The van der Waals surface area contributed by atoms with Gasteiger partial charge in [0, 0.05) is 36.2 Å². The molecule has 4 rings (SSSR count). The third kappa shape index (κ3) is 5.90. The molecule has 0 N–H and O–H groups in total. The van der Waals surface area contributed by atoms with E-state index >= 15 is 0 Å². The maximum atomic E-state index is 13.3. The molecule has 0 atom stereocenters. The number of halogens is 2. The number of aryl methyl sites for hydroxylation is 1. The van der Waals surface area contributed by atoms with Crippen LogP contribution in [-0.2, 0) is 19.4 Å². The number of thiazole rings is 1. The summed E-state index contributed by atoms with van der Waals surface area (Å²) >= 11 is 13.5. The molecular weight excluding hydrogens is 517 g/mol. The lowest BCUT2D eigenvalue weighted by Crippen LogP contribution is -2.40. The lowest BCUT2D eigenvalue weighted by atomic mass is 10.2. The fourth-order valence-corrected chi connectivity index (χ4v) is 6.32. The van der Waals surface area contributed by atoms with Gasteiger partial charge in [-0.25, -0.2) is 13.4 Å². The Morgan fingerprint density at radius 3 is 2.56 bits per heavy atom. The van der Waals surface area contributed by atoms with Crippen molar-refractivity contribution in [3.05, 3.63) is 52.0 Å². The molecule has 0 bridgehead atoms. The maximum Gasteiger partial charge on any atom is 0.244 e. The van der Waals surface area contributed by atoms with Gasteiger partial charge in [-0.1, -0.05) is 34.5 Å². The van der Waals surface area contributed by atoms with Crippen molar-refractivity contribution in [3.63, 3.8) is 0 Å². The molecule has 11 heteroatoms. The smallest absolute Gasteiger partial charge is 0.244 e. The lowest BCUT2D eigenvalue weighted by Gasteiger charge is -2.27. The van der Waals surface area contributed by atoms with E-state index in [1.807, 2.05) is 13.0 Å². The van der Waals surface area contributed by atoms with Crippen molar-refractivity contribution >= 4 is 65.6 Å². The minimum atomic E-state index is -3.84. The number of rotatable bonds is 8. The molecule has 0 saturated carbocycles. The van der Waals surface area contributed by atoms with E-state index in [2.05, 4.69) is 9.88 Å². The lowest BCUT2D eigenvalue weighted by molar-refractivity contribution is -0.116. The van der Waals surface area contributed by atoms with Crippen LogP contribution in [0.3, 0.4) is 0 Å². The van der Waals surface area contributed by atoms with E-state index < -0.39 is 21.5 Å². The zero-order chi connectivity index (χ0) is 24.3. The fourth-order valence-electron chi connectivity index (χ4n) is 3.77. The first kappa shape index (κ1) is 25.3. The van der Waals surface area contributed by atoms with Gasteiger partial charge in [-0.3, -0.25) is 14.6 Å². The first-order chi connectivity index (χ1) is 16.2. The predicted molar refractivity (Wildman–Crippen MR) is 137 cm³/mol. The van der Waals surface area contributed by atoms with Crippen LogP contribution in [-0.4, -0.2) is 69.4 Å². The molecule has 1 saturated heterocycles. The Hall–Kier alpha value is -1.75. The summed E-state index contributed by atoms with van der Waals surface area (Å²) in [5.74, 6) is -1.17. The first-order valence-corrected chi connectivity index (χ1v) is 14.1. The second kappa shape index (κ2) is 10.9.